The molecule has 164 valence electrons. The summed E-state index contributed by atoms with van der Waals surface area (Å²) < 4.78 is 0. The Balaban J connectivity index is 1.82. The van der Waals surface area contributed by atoms with E-state index in [0.717, 1.165) is 58.3 Å². The zero-order chi connectivity index (χ0) is 21.1. The van der Waals surface area contributed by atoms with Gasteiger partial charge < -0.3 is 20.4 Å². The van der Waals surface area contributed by atoms with Crippen LogP contribution in [0.1, 0.15) is 33.3 Å². The molecule has 1 aliphatic heterocycles. The van der Waals surface area contributed by atoms with Gasteiger partial charge in [0.2, 0.25) is 0 Å². The van der Waals surface area contributed by atoms with Crippen molar-refractivity contribution in [2.75, 3.05) is 70.3 Å². The van der Waals surface area contributed by atoms with Crippen LogP contribution in [0.4, 0.5) is 5.69 Å². The van der Waals surface area contributed by atoms with E-state index in [4.69, 9.17) is 4.99 Å². The number of rotatable bonds is 10. The number of guanidine groups is 1. The van der Waals surface area contributed by atoms with E-state index >= 15 is 0 Å². The molecular formula is C23H42N6. The topological polar surface area (TPSA) is 46.1 Å². The Morgan fingerprint density at radius 3 is 2.52 bits per heavy atom. The molecule has 6 heteroatoms. The van der Waals surface area contributed by atoms with Gasteiger partial charge in [0.15, 0.2) is 5.96 Å². The normalized spacial score (nSPS) is 17.2. The van der Waals surface area contributed by atoms with Crippen molar-refractivity contribution in [3.05, 3.63) is 29.8 Å². The lowest BCUT2D eigenvalue weighted by Gasteiger charge is -2.37. The van der Waals surface area contributed by atoms with Crippen LogP contribution in [0.5, 0.6) is 0 Å². The monoisotopic (exact) mass is 402 g/mol. The first-order chi connectivity index (χ1) is 14.1. The Morgan fingerprint density at radius 1 is 1.14 bits per heavy atom. The van der Waals surface area contributed by atoms with Crippen LogP contribution in [-0.2, 0) is 0 Å². The Morgan fingerprint density at radius 2 is 1.90 bits per heavy atom. The molecule has 29 heavy (non-hydrogen) atoms. The summed E-state index contributed by atoms with van der Waals surface area (Å²) in [6.07, 6.45) is 0. The predicted molar refractivity (Wildman–Crippen MR) is 126 cm³/mol. The van der Waals surface area contributed by atoms with Crippen LogP contribution in [0.15, 0.2) is 29.3 Å². The maximum Gasteiger partial charge on any atom is 0.191 e. The minimum Gasteiger partial charge on any atom is -0.370 e. The molecule has 0 aromatic heterocycles. The summed E-state index contributed by atoms with van der Waals surface area (Å²) in [5.74, 6) is 0.923. The van der Waals surface area contributed by atoms with Gasteiger partial charge in [-0.2, -0.15) is 0 Å². The first kappa shape index (κ1) is 23.5. The lowest BCUT2D eigenvalue weighted by molar-refractivity contribution is 0.109. The van der Waals surface area contributed by atoms with Crippen molar-refractivity contribution in [3.63, 3.8) is 0 Å². The number of hydrogen-bond acceptors (Lipinski definition) is 4. The number of nitrogens with one attached hydrogen (secondary N) is 2. The number of piperazine rings is 1. The molecule has 0 radical (unpaired) electrons. The average Bonchev–Trinajstić information content (AvgIpc) is 2.74. The summed E-state index contributed by atoms with van der Waals surface area (Å²) >= 11 is 0. The molecule has 1 saturated heterocycles. The maximum atomic E-state index is 4.86. The Hall–Kier alpha value is -1.79. The molecule has 2 rings (SSSR count). The molecule has 0 amide bonds. The molecule has 1 heterocycles. The fraction of sp³-hybridized carbons (Fsp3) is 0.696. The smallest absolute Gasteiger partial charge is 0.191 e. The highest BCUT2D eigenvalue weighted by atomic mass is 15.3. The number of benzene rings is 1. The van der Waals surface area contributed by atoms with Gasteiger partial charge in [0, 0.05) is 64.1 Å². The zero-order valence-corrected chi connectivity index (χ0v) is 19.2. The third kappa shape index (κ3) is 7.86. The molecule has 0 saturated carbocycles. The van der Waals surface area contributed by atoms with Gasteiger partial charge in [-0.25, -0.2) is 0 Å². The molecule has 2 N–H and O–H groups in total. The quantitative estimate of drug-likeness (QED) is 0.465. The molecule has 1 atom stereocenters. The van der Waals surface area contributed by atoms with E-state index in [2.05, 4.69) is 84.2 Å². The molecule has 6 nitrogen and oxygen atoms in total. The predicted octanol–water partition coefficient (Wildman–Crippen LogP) is 2.40. The van der Waals surface area contributed by atoms with E-state index in [1.54, 1.807) is 0 Å². The van der Waals surface area contributed by atoms with Gasteiger partial charge in [0.05, 0.1) is 6.54 Å². The van der Waals surface area contributed by atoms with E-state index in [1.807, 2.05) is 0 Å². The molecule has 1 aromatic carbocycles. The van der Waals surface area contributed by atoms with Crippen LogP contribution >= 0.6 is 0 Å². The summed E-state index contributed by atoms with van der Waals surface area (Å²) in [5, 5.41) is 6.91. The molecule has 0 spiro atoms. The summed E-state index contributed by atoms with van der Waals surface area (Å²) in [4.78, 5) is 12.3. The van der Waals surface area contributed by atoms with Gasteiger partial charge in [-0.05, 0) is 51.9 Å². The summed E-state index contributed by atoms with van der Waals surface area (Å²) in [7, 11) is 0. The third-order valence-electron chi connectivity index (χ3n) is 5.76. The molecule has 0 bridgehead atoms. The van der Waals surface area contributed by atoms with Gasteiger partial charge in [-0.1, -0.05) is 19.1 Å². The fourth-order valence-corrected chi connectivity index (χ4v) is 3.80. The van der Waals surface area contributed by atoms with E-state index in [0.29, 0.717) is 6.04 Å². The fourth-order valence-electron chi connectivity index (χ4n) is 3.80. The van der Waals surface area contributed by atoms with E-state index < -0.39 is 0 Å². The number of anilines is 1. The van der Waals surface area contributed by atoms with E-state index in [9.17, 15) is 0 Å². The number of aliphatic imine (C=N–C) groups is 1. The molecule has 1 aliphatic rings. The number of likely N-dealkylation sites (N-methyl/N-ethyl adjacent to an activating group) is 2. The summed E-state index contributed by atoms with van der Waals surface area (Å²) in [5.41, 5.74) is 2.59. The van der Waals surface area contributed by atoms with Crippen LogP contribution in [-0.4, -0.2) is 87.2 Å². The molecular weight excluding hydrogens is 360 g/mol. The number of nitrogens with zero attached hydrogens (tertiary/aromatic N) is 4. The van der Waals surface area contributed by atoms with Crippen LogP contribution in [0.25, 0.3) is 0 Å². The first-order valence-corrected chi connectivity index (χ1v) is 11.4. The number of hydrogen-bond donors (Lipinski definition) is 2. The highest BCUT2D eigenvalue weighted by Gasteiger charge is 2.19. The molecule has 0 aliphatic carbocycles. The first-order valence-electron chi connectivity index (χ1n) is 11.4. The molecule has 1 aromatic rings. The van der Waals surface area contributed by atoms with Crippen molar-refractivity contribution < 1.29 is 0 Å². The largest absolute Gasteiger partial charge is 0.370 e. The minimum absolute atomic E-state index is 0.476. The van der Waals surface area contributed by atoms with Crippen molar-refractivity contribution in [2.24, 2.45) is 4.99 Å². The second-order valence-electron chi connectivity index (χ2n) is 7.88. The highest BCUT2D eigenvalue weighted by Crippen LogP contribution is 2.15. The van der Waals surface area contributed by atoms with Gasteiger partial charge in [0.25, 0.3) is 0 Å². The van der Waals surface area contributed by atoms with Crippen molar-refractivity contribution in [1.82, 2.24) is 20.4 Å². The Bertz CT molecular complexity index is 609. The van der Waals surface area contributed by atoms with Crippen molar-refractivity contribution in [3.8, 4) is 0 Å². The molecule has 1 unspecified atom stereocenters. The zero-order valence-electron chi connectivity index (χ0n) is 19.2. The van der Waals surface area contributed by atoms with Gasteiger partial charge in [-0.15, -0.1) is 0 Å². The Labute approximate surface area is 178 Å². The number of aryl methyl sites for hydroxylation is 1. The lowest BCUT2D eigenvalue weighted by atomic mass is 10.2. The van der Waals surface area contributed by atoms with Crippen LogP contribution < -0.4 is 15.5 Å². The second kappa shape index (κ2) is 12.7. The van der Waals surface area contributed by atoms with Crippen LogP contribution in [0, 0.1) is 6.92 Å². The van der Waals surface area contributed by atoms with Gasteiger partial charge >= 0.3 is 0 Å². The average molecular weight is 403 g/mol. The standard InChI is InChI=1S/C23H42N6/c1-6-24-23(26-19-21(5)29-16-14-27(7-2)15-17-29)25-12-13-28(8-3)22-11-9-10-20(4)18-22/h9-11,18,21H,6-8,12-17,19H2,1-5H3,(H2,24,25,26). The van der Waals surface area contributed by atoms with Crippen molar-refractivity contribution in [2.45, 2.75) is 40.7 Å². The third-order valence-corrected chi connectivity index (χ3v) is 5.76. The lowest BCUT2D eigenvalue weighted by Crippen LogP contribution is -2.50. The second-order valence-corrected chi connectivity index (χ2v) is 7.88. The SMILES string of the molecule is CCNC(=NCC(C)N1CCN(CC)CC1)NCCN(CC)c1cccc(C)c1. The van der Waals surface area contributed by atoms with E-state index in [1.165, 1.54) is 24.3 Å². The Kier molecular flexibility index (Phi) is 10.3. The van der Waals surface area contributed by atoms with Gasteiger partial charge in [-0.3, -0.25) is 9.89 Å². The van der Waals surface area contributed by atoms with Gasteiger partial charge in [0.1, 0.15) is 0 Å². The summed E-state index contributed by atoms with van der Waals surface area (Å²) in [6.45, 7) is 21.4. The highest BCUT2D eigenvalue weighted by molar-refractivity contribution is 5.79. The maximum absolute atomic E-state index is 4.86. The van der Waals surface area contributed by atoms with E-state index in [-0.39, 0.29) is 0 Å². The van der Waals surface area contributed by atoms with Crippen molar-refractivity contribution >= 4 is 11.6 Å². The minimum atomic E-state index is 0.476. The van der Waals surface area contributed by atoms with Crippen LogP contribution in [0.3, 0.4) is 0 Å². The van der Waals surface area contributed by atoms with Crippen LogP contribution in [0.2, 0.25) is 0 Å². The van der Waals surface area contributed by atoms with Crippen molar-refractivity contribution in [1.29, 1.82) is 0 Å². The summed E-state index contributed by atoms with van der Waals surface area (Å²) in [6, 6.07) is 9.20. The molecule has 1 fully saturated rings.